The number of anilines is 1. The molecule has 0 bridgehead atoms. The lowest BCUT2D eigenvalue weighted by Gasteiger charge is -2.12. The molecule has 1 amide bonds. The Labute approximate surface area is 141 Å². The lowest BCUT2D eigenvalue weighted by Crippen LogP contribution is -2.30. The van der Waals surface area contributed by atoms with E-state index in [-0.39, 0.29) is 11.9 Å². The van der Waals surface area contributed by atoms with Crippen LogP contribution in [0.4, 0.5) is 5.13 Å². The molecule has 1 saturated carbocycles. The van der Waals surface area contributed by atoms with Crippen LogP contribution in [0.2, 0.25) is 0 Å². The number of hydrogen-bond donors (Lipinski definition) is 2. The Morgan fingerprint density at radius 3 is 2.74 bits per heavy atom. The number of rotatable bonds is 7. The maximum Gasteiger partial charge on any atom is 0.217 e. The molecule has 2 aromatic rings. The van der Waals surface area contributed by atoms with E-state index >= 15 is 0 Å². The summed E-state index contributed by atoms with van der Waals surface area (Å²) < 4.78 is 0. The lowest BCUT2D eigenvalue weighted by molar-refractivity contribution is -0.119. The second kappa shape index (κ2) is 7.13. The third-order valence-corrected chi connectivity index (χ3v) is 4.75. The SMILES string of the molecule is CC(=O)N[C@@H](C)CCc1ccc(-c2csc(NC3CC3)n2)cc1. The van der Waals surface area contributed by atoms with Gasteiger partial charge in [0.2, 0.25) is 5.91 Å². The van der Waals surface area contributed by atoms with E-state index in [2.05, 4.69) is 45.3 Å². The van der Waals surface area contributed by atoms with E-state index in [4.69, 9.17) is 0 Å². The quantitative estimate of drug-likeness (QED) is 0.811. The number of amides is 1. The van der Waals surface area contributed by atoms with Crippen LogP contribution >= 0.6 is 11.3 Å². The Balaban J connectivity index is 1.55. The topological polar surface area (TPSA) is 54.0 Å². The van der Waals surface area contributed by atoms with Crippen LogP contribution in [-0.4, -0.2) is 23.0 Å². The number of aryl methyl sites for hydroxylation is 1. The summed E-state index contributed by atoms with van der Waals surface area (Å²) in [5.74, 6) is 0.0343. The molecule has 4 nitrogen and oxygen atoms in total. The van der Waals surface area contributed by atoms with Crippen molar-refractivity contribution in [1.82, 2.24) is 10.3 Å². The molecular formula is C18H23N3OS. The van der Waals surface area contributed by atoms with Crippen molar-refractivity contribution in [3.05, 3.63) is 35.2 Å². The first-order chi connectivity index (χ1) is 11.1. The van der Waals surface area contributed by atoms with Gasteiger partial charge in [0.05, 0.1) is 5.69 Å². The fraction of sp³-hybridized carbons (Fsp3) is 0.444. The molecule has 0 unspecified atom stereocenters. The second-order valence-corrected chi connectivity index (χ2v) is 7.15. The summed E-state index contributed by atoms with van der Waals surface area (Å²) in [6.45, 7) is 3.60. The molecule has 1 aliphatic carbocycles. The summed E-state index contributed by atoms with van der Waals surface area (Å²) in [7, 11) is 0. The third kappa shape index (κ3) is 4.79. The fourth-order valence-electron chi connectivity index (χ4n) is 2.52. The summed E-state index contributed by atoms with van der Waals surface area (Å²) in [6.07, 6.45) is 4.44. The van der Waals surface area contributed by atoms with Gasteiger partial charge in [0.15, 0.2) is 5.13 Å². The van der Waals surface area contributed by atoms with Crippen LogP contribution in [0.1, 0.15) is 38.7 Å². The molecule has 1 aromatic carbocycles. The highest BCUT2D eigenvalue weighted by Crippen LogP contribution is 2.30. The first-order valence-electron chi connectivity index (χ1n) is 8.18. The van der Waals surface area contributed by atoms with E-state index in [0.29, 0.717) is 6.04 Å². The van der Waals surface area contributed by atoms with Gasteiger partial charge in [-0.25, -0.2) is 4.98 Å². The average molecular weight is 329 g/mol. The lowest BCUT2D eigenvalue weighted by atomic mass is 10.0. The molecule has 3 rings (SSSR count). The van der Waals surface area contributed by atoms with Crippen molar-refractivity contribution in [2.24, 2.45) is 0 Å². The Kier molecular flexibility index (Phi) is 4.96. The van der Waals surface area contributed by atoms with Gasteiger partial charge in [0.1, 0.15) is 0 Å². The molecule has 1 fully saturated rings. The molecule has 5 heteroatoms. The van der Waals surface area contributed by atoms with Gasteiger partial charge in [0.25, 0.3) is 0 Å². The van der Waals surface area contributed by atoms with Crippen molar-refractivity contribution in [3.63, 3.8) is 0 Å². The smallest absolute Gasteiger partial charge is 0.217 e. The van der Waals surface area contributed by atoms with Crippen LogP contribution in [0, 0.1) is 0 Å². The summed E-state index contributed by atoms with van der Waals surface area (Å²) >= 11 is 1.67. The van der Waals surface area contributed by atoms with Gasteiger partial charge >= 0.3 is 0 Å². The van der Waals surface area contributed by atoms with Crippen molar-refractivity contribution in [2.45, 2.75) is 51.6 Å². The number of nitrogens with zero attached hydrogens (tertiary/aromatic N) is 1. The fourth-order valence-corrected chi connectivity index (χ4v) is 3.32. The maximum absolute atomic E-state index is 11.0. The summed E-state index contributed by atoms with van der Waals surface area (Å²) in [5, 5.41) is 9.49. The van der Waals surface area contributed by atoms with E-state index in [1.54, 1.807) is 18.3 Å². The van der Waals surface area contributed by atoms with Crippen molar-refractivity contribution in [3.8, 4) is 11.3 Å². The number of benzene rings is 1. The zero-order chi connectivity index (χ0) is 16.2. The normalized spacial score (nSPS) is 15.2. The van der Waals surface area contributed by atoms with Gasteiger partial charge < -0.3 is 10.6 Å². The van der Waals surface area contributed by atoms with E-state index in [1.807, 2.05) is 6.92 Å². The molecule has 1 aromatic heterocycles. The molecule has 2 N–H and O–H groups in total. The number of thiazole rings is 1. The van der Waals surface area contributed by atoms with Gasteiger partial charge in [-0.1, -0.05) is 24.3 Å². The first kappa shape index (κ1) is 16.0. The first-order valence-corrected chi connectivity index (χ1v) is 9.06. The minimum atomic E-state index is 0.0343. The predicted octanol–water partition coefficient (Wildman–Crippen LogP) is 3.84. The number of aromatic nitrogens is 1. The molecule has 1 aliphatic rings. The summed E-state index contributed by atoms with van der Waals surface area (Å²) in [5.41, 5.74) is 3.48. The Morgan fingerprint density at radius 1 is 1.35 bits per heavy atom. The van der Waals surface area contributed by atoms with Crippen LogP contribution in [0.15, 0.2) is 29.6 Å². The Morgan fingerprint density at radius 2 is 2.09 bits per heavy atom. The Bertz CT molecular complexity index is 661. The molecular weight excluding hydrogens is 306 g/mol. The molecule has 122 valence electrons. The number of nitrogens with one attached hydrogen (secondary N) is 2. The van der Waals surface area contributed by atoms with Crippen molar-refractivity contribution in [2.75, 3.05) is 5.32 Å². The van der Waals surface area contributed by atoms with Gasteiger partial charge in [-0.05, 0) is 38.2 Å². The van der Waals surface area contributed by atoms with Gasteiger partial charge in [0, 0.05) is 30.0 Å². The molecule has 1 heterocycles. The van der Waals surface area contributed by atoms with E-state index < -0.39 is 0 Å². The van der Waals surface area contributed by atoms with E-state index in [1.165, 1.54) is 18.4 Å². The monoisotopic (exact) mass is 329 g/mol. The van der Waals surface area contributed by atoms with Crippen molar-refractivity contribution < 1.29 is 4.79 Å². The predicted molar refractivity (Wildman–Crippen MR) is 95.8 cm³/mol. The molecule has 0 radical (unpaired) electrons. The number of carbonyl (C=O) groups excluding carboxylic acids is 1. The number of carbonyl (C=O) groups is 1. The zero-order valence-electron chi connectivity index (χ0n) is 13.6. The standard InChI is InChI=1S/C18H23N3OS/c1-12(19-13(2)22)3-4-14-5-7-15(8-6-14)17-11-23-18(21-17)20-16-9-10-16/h5-8,11-12,16H,3-4,9-10H2,1-2H3,(H,19,22)(H,20,21)/t12-/m0/s1. The zero-order valence-corrected chi connectivity index (χ0v) is 14.5. The second-order valence-electron chi connectivity index (χ2n) is 6.29. The van der Waals surface area contributed by atoms with E-state index in [0.717, 1.165) is 29.2 Å². The molecule has 0 spiro atoms. The minimum Gasteiger partial charge on any atom is -0.359 e. The van der Waals surface area contributed by atoms with Crippen LogP contribution < -0.4 is 10.6 Å². The number of hydrogen-bond acceptors (Lipinski definition) is 4. The van der Waals surface area contributed by atoms with Crippen LogP contribution in [0.25, 0.3) is 11.3 Å². The van der Waals surface area contributed by atoms with Crippen LogP contribution in [-0.2, 0) is 11.2 Å². The molecule has 1 atom stereocenters. The van der Waals surface area contributed by atoms with Crippen LogP contribution in [0.3, 0.4) is 0 Å². The van der Waals surface area contributed by atoms with Crippen molar-refractivity contribution in [1.29, 1.82) is 0 Å². The Hall–Kier alpha value is -1.88. The third-order valence-electron chi connectivity index (χ3n) is 3.97. The summed E-state index contributed by atoms with van der Waals surface area (Å²) in [6, 6.07) is 9.43. The van der Waals surface area contributed by atoms with E-state index in [9.17, 15) is 4.79 Å². The van der Waals surface area contributed by atoms with Crippen LogP contribution in [0.5, 0.6) is 0 Å². The van der Waals surface area contributed by atoms with Gasteiger partial charge in [-0.3, -0.25) is 4.79 Å². The average Bonchev–Trinajstić information content (AvgIpc) is 3.20. The molecule has 0 saturated heterocycles. The maximum atomic E-state index is 11.0. The minimum absolute atomic E-state index is 0.0343. The highest BCUT2D eigenvalue weighted by atomic mass is 32.1. The highest BCUT2D eigenvalue weighted by Gasteiger charge is 2.22. The van der Waals surface area contributed by atoms with Gasteiger partial charge in [-0.15, -0.1) is 11.3 Å². The highest BCUT2D eigenvalue weighted by molar-refractivity contribution is 7.14. The summed E-state index contributed by atoms with van der Waals surface area (Å²) in [4.78, 5) is 15.7. The largest absolute Gasteiger partial charge is 0.359 e. The van der Waals surface area contributed by atoms with Crippen molar-refractivity contribution >= 4 is 22.4 Å². The van der Waals surface area contributed by atoms with Gasteiger partial charge in [-0.2, -0.15) is 0 Å². The molecule has 23 heavy (non-hydrogen) atoms. The molecule has 0 aliphatic heterocycles.